The van der Waals surface area contributed by atoms with Gasteiger partial charge in [0.2, 0.25) is 17.7 Å². The number of carboxylic acids is 3. The maximum atomic E-state index is 13.1. The summed E-state index contributed by atoms with van der Waals surface area (Å²) in [5.41, 5.74) is 8.05. The summed E-state index contributed by atoms with van der Waals surface area (Å²) in [5.74, 6) is -7.24. The van der Waals surface area contributed by atoms with Gasteiger partial charge in [0.25, 0.3) is 0 Å². The second-order valence-corrected chi connectivity index (χ2v) is 10.1. The molecule has 0 saturated heterocycles. The Labute approximate surface area is 250 Å². The number of carboxylic acid groups (broad SMARTS) is 3. The van der Waals surface area contributed by atoms with Gasteiger partial charge < -0.3 is 47.1 Å². The van der Waals surface area contributed by atoms with E-state index in [9.17, 15) is 44.1 Å². The van der Waals surface area contributed by atoms with Crippen LogP contribution in [0.25, 0.3) is 10.9 Å². The van der Waals surface area contributed by atoms with E-state index < -0.39 is 79.1 Å². The van der Waals surface area contributed by atoms with Crippen LogP contribution in [0.3, 0.4) is 0 Å². The van der Waals surface area contributed by atoms with E-state index >= 15 is 0 Å². The van der Waals surface area contributed by atoms with Crippen LogP contribution in [-0.4, -0.2) is 85.2 Å². The Morgan fingerprint density at radius 1 is 0.750 bits per heavy atom. The normalized spacial score (nSPS) is 13.7. The largest absolute Gasteiger partial charge is 0.508 e. The summed E-state index contributed by atoms with van der Waals surface area (Å²) in [5, 5.41) is 45.2. The Morgan fingerprint density at radius 3 is 2.00 bits per heavy atom. The smallest absolute Gasteiger partial charge is 0.326 e. The molecule has 3 amide bonds. The molecule has 0 aliphatic heterocycles. The number of phenols is 1. The van der Waals surface area contributed by atoms with Crippen LogP contribution in [0.4, 0.5) is 0 Å². The highest BCUT2D eigenvalue weighted by atomic mass is 16.4. The first-order valence-electron chi connectivity index (χ1n) is 13.5. The first-order valence-corrected chi connectivity index (χ1v) is 13.5. The van der Waals surface area contributed by atoms with Crippen LogP contribution in [0.5, 0.6) is 5.75 Å². The Kier molecular flexibility index (Phi) is 11.4. The van der Waals surface area contributed by atoms with Gasteiger partial charge in [0.1, 0.15) is 23.9 Å². The monoisotopic (exact) mass is 611 g/mol. The minimum absolute atomic E-state index is 0.0527. The summed E-state index contributed by atoms with van der Waals surface area (Å²) in [6.07, 6.45) is -0.419. The van der Waals surface area contributed by atoms with E-state index in [1.54, 1.807) is 6.20 Å². The molecule has 0 aliphatic rings. The molecule has 0 bridgehead atoms. The van der Waals surface area contributed by atoms with Crippen LogP contribution in [0, 0.1) is 0 Å². The third kappa shape index (κ3) is 9.55. The lowest BCUT2D eigenvalue weighted by Gasteiger charge is -2.24. The first-order chi connectivity index (χ1) is 20.8. The Bertz CT molecular complexity index is 1520. The van der Waals surface area contributed by atoms with Crippen LogP contribution >= 0.6 is 0 Å². The number of carbonyl (C=O) groups is 6. The molecule has 2 aromatic carbocycles. The number of aromatic nitrogens is 1. The minimum atomic E-state index is -1.69. The van der Waals surface area contributed by atoms with Crippen molar-refractivity contribution in [1.82, 2.24) is 20.9 Å². The van der Waals surface area contributed by atoms with Crippen LogP contribution in [0.2, 0.25) is 0 Å². The Morgan fingerprint density at radius 2 is 1.36 bits per heavy atom. The van der Waals surface area contributed by atoms with Gasteiger partial charge in [-0.1, -0.05) is 30.3 Å². The third-order valence-corrected chi connectivity index (χ3v) is 6.73. The number of aromatic amines is 1. The SMILES string of the molecule is NC(Cc1c[nH]c2ccccc12)C(=O)NC(CC(=O)O)C(=O)NC(CCC(=O)O)C(=O)NC(Cc1ccc(O)cc1)C(=O)O. The van der Waals surface area contributed by atoms with Gasteiger partial charge in [-0.05, 0) is 42.2 Å². The predicted octanol–water partition coefficient (Wildman–Crippen LogP) is -0.135. The summed E-state index contributed by atoms with van der Waals surface area (Å²) in [7, 11) is 0. The molecule has 4 unspecified atom stereocenters. The number of phenolic OH excluding ortho intramolecular Hbond substituents is 1. The van der Waals surface area contributed by atoms with Crippen molar-refractivity contribution < 1.29 is 49.2 Å². The average molecular weight is 612 g/mol. The quantitative estimate of drug-likeness (QED) is 0.103. The molecule has 0 fully saturated rings. The molecular weight excluding hydrogens is 578 g/mol. The first kappa shape index (κ1) is 33.1. The molecule has 0 saturated carbocycles. The van der Waals surface area contributed by atoms with Gasteiger partial charge in [-0.2, -0.15) is 0 Å². The van der Waals surface area contributed by atoms with Crippen molar-refractivity contribution in [2.75, 3.05) is 0 Å². The highest BCUT2D eigenvalue weighted by Crippen LogP contribution is 2.19. The molecule has 1 aromatic heterocycles. The van der Waals surface area contributed by atoms with Crippen molar-refractivity contribution in [1.29, 1.82) is 0 Å². The summed E-state index contributed by atoms with van der Waals surface area (Å²) in [4.78, 5) is 76.7. The maximum Gasteiger partial charge on any atom is 0.326 e. The highest BCUT2D eigenvalue weighted by molar-refractivity contribution is 5.96. The van der Waals surface area contributed by atoms with Crippen molar-refractivity contribution in [3.8, 4) is 5.75 Å². The molecular formula is C29H33N5O10. The molecule has 3 aromatic rings. The van der Waals surface area contributed by atoms with Gasteiger partial charge in [-0.15, -0.1) is 0 Å². The molecule has 44 heavy (non-hydrogen) atoms. The number of benzene rings is 2. The number of hydrogen-bond donors (Lipinski definition) is 9. The van der Waals surface area contributed by atoms with Crippen LogP contribution in [-0.2, 0) is 41.6 Å². The van der Waals surface area contributed by atoms with Crippen molar-refractivity contribution >= 4 is 46.5 Å². The topological polar surface area (TPSA) is 261 Å². The number of aliphatic carboxylic acids is 3. The van der Waals surface area contributed by atoms with E-state index in [2.05, 4.69) is 20.9 Å². The lowest BCUT2D eigenvalue weighted by Crippen LogP contribution is -2.57. The average Bonchev–Trinajstić information content (AvgIpc) is 3.37. The van der Waals surface area contributed by atoms with Crippen LogP contribution in [0.15, 0.2) is 54.7 Å². The van der Waals surface area contributed by atoms with Gasteiger partial charge >= 0.3 is 17.9 Å². The van der Waals surface area contributed by atoms with Crippen molar-refractivity contribution in [3.05, 3.63) is 65.9 Å². The highest BCUT2D eigenvalue weighted by Gasteiger charge is 2.32. The lowest BCUT2D eigenvalue weighted by atomic mass is 10.0. The lowest BCUT2D eigenvalue weighted by molar-refractivity contribution is -0.143. The van der Waals surface area contributed by atoms with Crippen molar-refractivity contribution in [2.45, 2.75) is 56.3 Å². The molecule has 0 radical (unpaired) electrons. The number of amides is 3. The van der Waals surface area contributed by atoms with E-state index in [0.29, 0.717) is 11.1 Å². The number of H-pyrrole nitrogens is 1. The fourth-order valence-corrected chi connectivity index (χ4v) is 4.44. The molecule has 0 aliphatic carbocycles. The molecule has 234 valence electrons. The fourth-order valence-electron chi connectivity index (χ4n) is 4.44. The summed E-state index contributed by atoms with van der Waals surface area (Å²) in [6.45, 7) is 0. The zero-order valence-electron chi connectivity index (χ0n) is 23.4. The van der Waals surface area contributed by atoms with Crippen molar-refractivity contribution in [2.24, 2.45) is 5.73 Å². The summed E-state index contributed by atoms with van der Waals surface area (Å²) < 4.78 is 0. The molecule has 15 nitrogen and oxygen atoms in total. The van der Waals surface area contributed by atoms with Gasteiger partial charge in [-0.25, -0.2) is 4.79 Å². The number of fused-ring (bicyclic) bond motifs is 1. The minimum Gasteiger partial charge on any atom is -0.508 e. The molecule has 15 heteroatoms. The van der Waals surface area contributed by atoms with Gasteiger partial charge in [0, 0.05) is 29.9 Å². The fraction of sp³-hybridized carbons (Fsp3) is 0.310. The van der Waals surface area contributed by atoms with Crippen LogP contribution in [0.1, 0.15) is 30.4 Å². The number of hydrogen-bond acceptors (Lipinski definition) is 8. The van der Waals surface area contributed by atoms with E-state index in [-0.39, 0.29) is 18.6 Å². The number of carbonyl (C=O) groups excluding carboxylic acids is 3. The molecule has 3 rings (SSSR count). The Hall–Kier alpha value is -5.44. The van der Waals surface area contributed by atoms with Gasteiger partial charge in [-0.3, -0.25) is 24.0 Å². The maximum absolute atomic E-state index is 13.1. The number of para-hydroxylation sites is 1. The molecule has 10 N–H and O–H groups in total. The van der Waals surface area contributed by atoms with E-state index in [4.69, 9.17) is 10.8 Å². The second-order valence-electron chi connectivity index (χ2n) is 10.1. The summed E-state index contributed by atoms with van der Waals surface area (Å²) >= 11 is 0. The standard InChI is InChI=1S/C29H33N5O10/c30-19(12-16-14-31-20-4-2-1-3-18(16)20)26(40)33-22(13-25(38)39)28(42)32-21(9-10-24(36)37)27(41)34-23(29(43)44)11-15-5-7-17(35)8-6-15/h1-8,14,19,21-23,31,35H,9-13,30H2,(H,32,42)(H,33,40)(H,34,41)(H,36,37)(H,38,39)(H,43,44). The van der Waals surface area contributed by atoms with E-state index in [1.165, 1.54) is 24.3 Å². The zero-order chi connectivity index (χ0) is 32.4. The third-order valence-electron chi connectivity index (χ3n) is 6.73. The number of nitrogens with two attached hydrogens (primary N) is 1. The number of aromatic hydroxyl groups is 1. The molecule has 4 atom stereocenters. The molecule has 1 heterocycles. The van der Waals surface area contributed by atoms with Crippen LogP contribution < -0.4 is 21.7 Å². The summed E-state index contributed by atoms with van der Waals surface area (Å²) in [6, 6.07) is 6.89. The van der Waals surface area contributed by atoms with E-state index in [1.807, 2.05) is 24.3 Å². The second kappa shape index (κ2) is 15.2. The number of nitrogens with one attached hydrogen (secondary N) is 4. The predicted molar refractivity (Wildman–Crippen MR) is 154 cm³/mol. The zero-order valence-corrected chi connectivity index (χ0v) is 23.4. The van der Waals surface area contributed by atoms with E-state index in [0.717, 1.165) is 10.9 Å². The number of rotatable bonds is 16. The van der Waals surface area contributed by atoms with Gasteiger partial charge in [0.05, 0.1) is 12.5 Å². The van der Waals surface area contributed by atoms with Gasteiger partial charge in [0.15, 0.2) is 0 Å². The van der Waals surface area contributed by atoms with Crippen molar-refractivity contribution in [3.63, 3.8) is 0 Å². The Balaban J connectivity index is 1.72. The molecule has 0 spiro atoms.